The Labute approximate surface area is 149 Å². The van der Waals surface area contributed by atoms with Gasteiger partial charge >= 0.3 is 0 Å². The van der Waals surface area contributed by atoms with Crippen molar-refractivity contribution in [2.75, 3.05) is 5.32 Å². The van der Waals surface area contributed by atoms with E-state index in [1.54, 1.807) is 12.3 Å². The third-order valence-corrected chi connectivity index (χ3v) is 4.79. The van der Waals surface area contributed by atoms with Crippen LogP contribution in [0.2, 0.25) is 0 Å². The van der Waals surface area contributed by atoms with Gasteiger partial charge in [-0.3, -0.25) is 9.59 Å². The zero-order chi connectivity index (χ0) is 17.1. The van der Waals surface area contributed by atoms with Crippen LogP contribution < -0.4 is 5.32 Å². The zero-order valence-electron chi connectivity index (χ0n) is 13.3. The van der Waals surface area contributed by atoms with Crippen molar-refractivity contribution in [1.29, 1.82) is 0 Å². The summed E-state index contributed by atoms with van der Waals surface area (Å²) in [6.45, 7) is 1.95. The largest absolute Gasteiger partial charge is 0.310 e. The van der Waals surface area contributed by atoms with Gasteiger partial charge in [-0.15, -0.1) is 0 Å². The number of amides is 1. The summed E-state index contributed by atoms with van der Waals surface area (Å²) in [6.07, 6.45) is 3.20. The van der Waals surface area contributed by atoms with Crippen molar-refractivity contribution in [2.24, 2.45) is 11.8 Å². The number of carbonyl (C=O) groups excluding carboxylic acids is 2. The Morgan fingerprint density at radius 3 is 2.92 bits per heavy atom. The number of halogens is 1. The van der Waals surface area contributed by atoms with Gasteiger partial charge in [0.15, 0.2) is 5.82 Å². The van der Waals surface area contributed by atoms with Crippen molar-refractivity contribution in [1.82, 2.24) is 9.97 Å². The van der Waals surface area contributed by atoms with Crippen LogP contribution in [0.1, 0.15) is 26.2 Å². The molecule has 1 aliphatic carbocycles. The summed E-state index contributed by atoms with van der Waals surface area (Å²) in [6, 6.07) is 9.37. The second-order valence-electron chi connectivity index (χ2n) is 6.13. The van der Waals surface area contributed by atoms with E-state index in [1.165, 1.54) is 0 Å². The fourth-order valence-electron chi connectivity index (χ4n) is 3.01. The molecule has 1 fully saturated rings. The molecule has 0 aliphatic heterocycles. The Morgan fingerprint density at radius 1 is 1.33 bits per heavy atom. The second-order valence-corrected chi connectivity index (χ2v) is 7.05. The quantitative estimate of drug-likeness (QED) is 0.867. The third-order valence-electron chi connectivity index (χ3n) is 4.30. The molecule has 6 heteroatoms. The lowest BCUT2D eigenvalue weighted by Gasteiger charge is -2.26. The molecule has 0 spiro atoms. The van der Waals surface area contributed by atoms with Gasteiger partial charge in [-0.05, 0) is 30.5 Å². The van der Waals surface area contributed by atoms with Crippen molar-refractivity contribution in [3.05, 3.63) is 41.0 Å². The van der Waals surface area contributed by atoms with Gasteiger partial charge in [0.25, 0.3) is 0 Å². The Hall–Kier alpha value is -2.08. The molecule has 1 saturated carbocycles. The summed E-state index contributed by atoms with van der Waals surface area (Å²) in [5, 5.41) is 2.87. The van der Waals surface area contributed by atoms with E-state index in [-0.39, 0.29) is 23.5 Å². The topological polar surface area (TPSA) is 72.0 Å². The van der Waals surface area contributed by atoms with Gasteiger partial charge in [0, 0.05) is 35.0 Å². The SMILES string of the molecule is CC1CC(=O)CCC1C(=O)Nc1ccnc(-c2cccc(Br)c2)n1. The van der Waals surface area contributed by atoms with E-state index < -0.39 is 0 Å². The number of rotatable bonds is 3. The molecule has 1 N–H and O–H groups in total. The standard InChI is InChI=1S/C18H18BrN3O2/c1-11-9-14(23)5-6-15(11)18(24)22-16-7-8-20-17(21-16)12-3-2-4-13(19)10-12/h2-4,7-8,10-11,15H,5-6,9H2,1H3,(H,20,21,22,24). The number of nitrogens with zero attached hydrogens (tertiary/aromatic N) is 2. The minimum absolute atomic E-state index is 0.0673. The highest BCUT2D eigenvalue weighted by atomic mass is 79.9. The lowest BCUT2D eigenvalue weighted by Crippen LogP contribution is -2.33. The Bertz CT molecular complexity index is 778. The highest BCUT2D eigenvalue weighted by Gasteiger charge is 2.31. The lowest BCUT2D eigenvalue weighted by molar-refractivity contribution is -0.127. The highest BCUT2D eigenvalue weighted by molar-refractivity contribution is 9.10. The van der Waals surface area contributed by atoms with Gasteiger partial charge in [-0.2, -0.15) is 0 Å². The predicted octanol–water partition coefficient (Wildman–Crippen LogP) is 3.85. The molecule has 1 amide bonds. The van der Waals surface area contributed by atoms with Gasteiger partial charge in [0.05, 0.1) is 0 Å². The molecule has 0 bridgehead atoms. The van der Waals surface area contributed by atoms with Crippen molar-refractivity contribution in [3.63, 3.8) is 0 Å². The molecule has 3 rings (SSSR count). The highest BCUT2D eigenvalue weighted by Crippen LogP contribution is 2.29. The normalized spacial score (nSPS) is 20.7. The zero-order valence-corrected chi connectivity index (χ0v) is 14.9. The molecule has 5 nitrogen and oxygen atoms in total. The summed E-state index contributed by atoms with van der Waals surface area (Å²) < 4.78 is 0.943. The Kier molecular flexibility index (Phi) is 5.04. The van der Waals surface area contributed by atoms with Gasteiger partial charge in [0.2, 0.25) is 5.91 Å². The molecule has 124 valence electrons. The van der Waals surface area contributed by atoms with Crippen LogP contribution in [0, 0.1) is 11.8 Å². The monoisotopic (exact) mass is 387 g/mol. The Morgan fingerprint density at radius 2 is 2.17 bits per heavy atom. The minimum Gasteiger partial charge on any atom is -0.310 e. The van der Waals surface area contributed by atoms with E-state index in [2.05, 4.69) is 31.2 Å². The molecule has 0 radical (unpaired) electrons. The molecule has 1 aromatic carbocycles. The van der Waals surface area contributed by atoms with E-state index in [4.69, 9.17) is 0 Å². The van der Waals surface area contributed by atoms with Crippen molar-refractivity contribution in [3.8, 4) is 11.4 Å². The number of Topliss-reactive ketones (excluding diaryl/α,β-unsaturated/α-hetero) is 1. The average Bonchev–Trinajstić information content (AvgIpc) is 2.55. The van der Waals surface area contributed by atoms with Crippen molar-refractivity contribution in [2.45, 2.75) is 26.2 Å². The maximum atomic E-state index is 12.5. The molecule has 1 aromatic heterocycles. The molecule has 2 unspecified atom stereocenters. The average molecular weight is 388 g/mol. The number of anilines is 1. The van der Waals surface area contributed by atoms with Gasteiger partial charge in [0.1, 0.15) is 11.6 Å². The number of ketones is 1. The van der Waals surface area contributed by atoms with Crippen LogP contribution in [0.15, 0.2) is 41.0 Å². The molecule has 1 heterocycles. The first-order valence-corrected chi connectivity index (χ1v) is 8.74. The first-order chi connectivity index (χ1) is 11.5. The number of hydrogen-bond donors (Lipinski definition) is 1. The summed E-state index contributed by atoms with van der Waals surface area (Å²) >= 11 is 3.43. The van der Waals surface area contributed by atoms with Crippen LogP contribution >= 0.6 is 15.9 Å². The molecular weight excluding hydrogens is 370 g/mol. The van der Waals surface area contributed by atoms with E-state index in [0.717, 1.165) is 10.0 Å². The van der Waals surface area contributed by atoms with Gasteiger partial charge in [-0.1, -0.05) is 35.0 Å². The van der Waals surface area contributed by atoms with Crippen molar-refractivity contribution >= 4 is 33.4 Å². The molecule has 24 heavy (non-hydrogen) atoms. The van der Waals surface area contributed by atoms with Crippen LogP contribution in [-0.2, 0) is 9.59 Å². The third kappa shape index (κ3) is 3.87. The summed E-state index contributed by atoms with van der Waals surface area (Å²) in [7, 11) is 0. The van der Waals surface area contributed by atoms with E-state index >= 15 is 0 Å². The van der Waals surface area contributed by atoms with E-state index in [1.807, 2.05) is 31.2 Å². The van der Waals surface area contributed by atoms with Crippen LogP contribution in [0.3, 0.4) is 0 Å². The second kappa shape index (κ2) is 7.21. The van der Waals surface area contributed by atoms with Crippen LogP contribution in [0.5, 0.6) is 0 Å². The molecule has 2 atom stereocenters. The predicted molar refractivity (Wildman–Crippen MR) is 95.3 cm³/mol. The van der Waals surface area contributed by atoms with Crippen LogP contribution in [0.25, 0.3) is 11.4 Å². The first kappa shape index (κ1) is 16.8. The Balaban J connectivity index is 1.75. The van der Waals surface area contributed by atoms with Crippen LogP contribution in [-0.4, -0.2) is 21.7 Å². The lowest BCUT2D eigenvalue weighted by atomic mass is 9.79. The summed E-state index contributed by atoms with van der Waals surface area (Å²) in [5.41, 5.74) is 0.872. The first-order valence-electron chi connectivity index (χ1n) is 7.94. The van der Waals surface area contributed by atoms with Gasteiger partial charge in [-0.25, -0.2) is 9.97 Å². The fraction of sp³-hybridized carbons (Fsp3) is 0.333. The minimum atomic E-state index is -0.146. The number of benzene rings is 1. The molecule has 1 aliphatic rings. The maximum Gasteiger partial charge on any atom is 0.228 e. The summed E-state index contributed by atoms with van der Waals surface area (Å²) in [4.78, 5) is 32.7. The van der Waals surface area contributed by atoms with E-state index in [9.17, 15) is 9.59 Å². The summed E-state index contributed by atoms with van der Waals surface area (Å²) in [5.74, 6) is 1.12. The number of hydrogen-bond acceptors (Lipinski definition) is 4. The fourth-order valence-corrected chi connectivity index (χ4v) is 3.41. The smallest absolute Gasteiger partial charge is 0.228 e. The number of nitrogens with one attached hydrogen (secondary N) is 1. The van der Waals surface area contributed by atoms with E-state index in [0.29, 0.717) is 30.9 Å². The van der Waals surface area contributed by atoms with Crippen LogP contribution in [0.4, 0.5) is 5.82 Å². The van der Waals surface area contributed by atoms with Gasteiger partial charge < -0.3 is 5.32 Å². The molecule has 2 aromatic rings. The molecule has 0 saturated heterocycles. The maximum absolute atomic E-state index is 12.5. The molecular formula is C18H18BrN3O2. The number of carbonyl (C=O) groups is 2. The number of aromatic nitrogens is 2. The van der Waals surface area contributed by atoms with Crippen molar-refractivity contribution < 1.29 is 9.59 Å².